The highest BCUT2D eigenvalue weighted by Crippen LogP contribution is 2.45. The van der Waals surface area contributed by atoms with Crippen molar-refractivity contribution in [2.45, 2.75) is 71.1 Å². The molecule has 0 fully saturated rings. The number of aromatic hydroxyl groups is 1. The van der Waals surface area contributed by atoms with E-state index in [9.17, 15) is 5.11 Å². The molecule has 0 atom stereocenters. The molecule has 0 saturated carbocycles. The Kier molecular flexibility index (Phi) is 8.62. The van der Waals surface area contributed by atoms with Crippen molar-refractivity contribution < 1.29 is 9.84 Å². The number of likely N-dealkylation sites (N-methyl/N-ethyl adjacent to an activating group) is 1. The lowest BCUT2D eigenvalue weighted by Gasteiger charge is -2.25. The van der Waals surface area contributed by atoms with E-state index in [0.29, 0.717) is 18.1 Å². The lowest BCUT2D eigenvalue weighted by molar-refractivity contribution is 0.289. The van der Waals surface area contributed by atoms with Crippen LogP contribution in [0.25, 0.3) is 11.1 Å². The zero-order chi connectivity index (χ0) is 21.3. The van der Waals surface area contributed by atoms with Gasteiger partial charge in [0.25, 0.3) is 0 Å². The van der Waals surface area contributed by atoms with Gasteiger partial charge in [-0.05, 0) is 68.1 Å². The summed E-state index contributed by atoms with van der Waals surface area (Å²) < 4.78 is 6.00. The summed E-state index contributed by atoms with van der Waals surface area (Å²) >= 11 is 0. The molecule has 0 spiro atoms. The van der Waals surface area contributed by atoms with Gasteiger partial charge in [-0.25, -0.2) is 0 Å². The Morgan fingerprint density at radius 2 is 1.70 bits per heavy atom. The van der Waals surface area contributed by atoms with Gasteiger partial charge in [-0.3, -0.25) is 0 Å². The summed E-state index contributed by atoms with van der Waals surface area (Å²) in [4.78, 5) is 2.23. The Morgan fingerprint density at radius 3 is 2.47 bits per heavy atom. The molecule has 0 unspecified atom stereocenters. The first kappa shape index (κ1) is 22.7. The summed E-state index contributed by atoms with van der Waals surface area (Å²) in [6.45, 7) is 3.97. The van der Waals surface area contributed by atoms with E-state index in [1.165, 1.54) is 60.8 Å². The number of aryl methyl sites for hydroxylation is 1. The topological polar surface area (TPSA) is 32.7 Å². The average molecular weight is 410 g/mol. The normalized spacial score (nSPS) is 12.7. The summed E-state index contributed by atoms with van der Waals surface area (Å²) in [7, 11) is 4.23. The molecule has 3 heteroatoms. The molecule has 0 heterocycles. The summed E-state index contributed by atoms with van der Waals surface area (Å²) in [6, 6.07) is 10.6. The van der Waals surface area contributed by atoms with Gasteiger partial charge in [0.1, 0.15) is 0 Å². The van der Waals surface area contributed by atoms with Crippen molar-refractivity contribution in [3.8, 4) is 22.6 Å². The zero-order valence-corrected chi connectivity index (χ0v) is 19.2. The molecule has 0 aliphatic heterocycles. The Balaban J connectivity index is 1.66. The third kappa shape index (κ3) is 5.78. The molecule has 164 valence electrons. The van der Waals surface area contributed by atoms with E-state index in [-0.39, 0.29) is 0 Å². The minimum absolute atomic E-state index is 0.321. The van der Waals surface area contributed by atoms with Crippen LogP contribution in [0.15, 0.2) is 30.3 Å². The van der Waals surface area contributed by atoms with Crippen LogP contribution in [-0.4, -0.2) is 37.3 Å². The zero-order valence-electron chi connectivity index (χ0n) is 19.2. The number of ether oxygens (including phenoxy) is 1. The first-order chi connectivity index (χ1) is 14.6. The Hall–Kier alpha value is -2.00. The number of unbranched alkanes of at least 4 members (excludes halogenated alkanes) is 6. The number of phenols is 1. The third-order valence-electron chi connectivity index (χ3n) is 6.25. The van der Waals surface area contributed by atoms with Crippen LogP contribution in [0.1, 0.15) is 68.6 Å². The van der Waals surface area contributed by atoms with Crippen LogP contribution in [0, 0.1) is 0 Å². The molecule has 2 aromatic rings. The van der Waals surface area contributed by atoms with Crippen LogP contribution in [0.2, 0.25) is 0 Å². The van der Waals surface area contributed by atoms with E-state index >= 15 is 0 Å². The number of nitrogens with zero attached hydrogens (tertiary/aromatic N) is 1. The van der Waals surface area contributed by atoms with Crippen LogP contribution in [-0.2, 0) is 19.3 Å². The van der Waals surface area contributed by atoms with E-state index in [2.05, 4.69) is 50.2 Å². The summed E-state index contributed by atoms with van der Waals surface area (Å²) in [5, 5.41) is 11.1. The molecule has 0 radical (unpaired) electrons. The number of fused-ring (bicyclic) bond motifs is 3. The molecule has 0 bridgehead atoms. The van der Waals surface area contributed by atoms with Crippen LogP contribution in [0.5, 0.6) is 11.5 Å². The van der Waals surface area contributed by atoms with E-state index in [4.69, 9.17) is 4.74 Å². The third-order valence-corrected chi connectivity index (χ3v) is 6.25. The van der Waals surface area contributed by atoms with Crippen molar-refractivity contribution in [1.29, 1.82) is 0 Å². The Bertz CT molecular complexity index is 813. The molecule has 0 amide bonds. The first-order valence-corrected chi connectivity index (χ1v) is 11.8. The maximum Gasteiger partial charge on any atom is 0.165 e. The molecular formula is C27H39NO2. The van der Waals surface area contributed by atoms with Gasteiger partial charge in [0.05, 0.1) is 6.61 Å². The van der Waals surface area contributed by atoms with Gasteiger partial charge < -0.3 is 14.7 Å². The highest BCUT2D eigenvalue weighted by Gasteiger charge is 2.23. The van der Waals surface area contributed by atoms with Gasteiger partial charge in [0, 0.05) is 12.1 Å². The minimum Gasteiger partial charge on any atom is -0.504 e. The van der Waals surface area contributed by atoms with Crippen molar-refractivity contribution in [2.24, 2.45) is 0 Å². The number of hydrogen-bond donors (Lipinski definition) is 1. The Labute approximate surface area is 183 Å². The standard InChI is InChI=1S/C27H39NO2/c1-4-5-6-7-8-9-10-20-30-25-17-15-22-14-16-23-21(18-19-28(2)3)12-11-13-24(23)26(22)27(25)29/h11-13,15,17,29H,4-10,14,16,18-20H2,1-3H3. The highest BCUT2D eigenvalue weighted by molar-refractivity contribution is 5.81. The smallest absolute Gasteiger partial charge is 0.165 e. The molecular weight excluding hydrogens is 370 g/mol. The number of hydrogen-bond acceptors (Lipinski definition) is 3. The van der Waals surface area contributed by atoms with Gasteiger partial charge >= 0.3 is 0 Å². The van der Waals surface area contributed by atoms with E-state index in [0.717, 1.165) is 37.8 Å². The average Bonchev–Trinajstić information content (AvgIpc) is 2.75. The van der Waals surface area contributed by atoms with Crippen molar-refractivity contribution >= 4 is 0 Å². The van der Waals surface area contributed by atoms with Crippen molar-refractivity contribution in [2.75, 3.05) is 27.2 Å². The molecule has 1 N–H and O–H groups in total. The maximum atomic E-state index is 11.1. The Morgan fingerprint density at radius 1 is 0.933 bits per heavy atom. The summed E-state index contributed by atoms with van der Waals surface area (Å²) in [5.74, 6) is 0.951. The van der Waals surface area contributed by atoms with Crippen LogP contribution >= 0.6 is 0 Å². The quantitative estimate of drug-likeness (QED) is 0.412. The largest absolute Gasteiger partial charge is 0.504 e. The SMILES string of the molecule is CCCCCCCCCOc1ccc2c(c1O)-c1cccc(CCN(C)C)c1CC2. The van der Waals surface area contributed by atoms with Crippen molar-refractivity contribution in [1.82, 2.24) is 4.90 Å². The van der Waals surface area contributed by atoms with Crippen LogP contribution < -0.4 is 4.74 Å². The second-order valence-electron chi connectivity index (χ2n) is 8.91. The lowest BCUT2D eigenvalue weighted by atomic mass is 9.82. The second-order valence-corrected chi connectivity index (χ2v) is 8.91. The highest BCUT2D eigenvalue weighted by atomic mass is 16.5. The molecule has 1 aliphatic rings. The monoisotopic (exact) mass is 409 g/mol. The van der Waals surface area contributed by atoms with Gasteiger partial charge in [0.2, 0.25) is 0 Å². The molecule has 0 aromatic heterocycles. The van der Waals surface area contributed by atoms with Crippen molar-refractivity contribution in [3.63, 3.8) is 0 Å². The fraction of sp³-hybridized carbons (Fsp3) is 0.556. The molecule has 3 nitrogen and oxygen atoms in total. The number of phenolic OH excluding ortho intramolecular Hbond substituents is 1. The van der Waals surface area contributed by atoms with Gasteiger partial charge in [0.15, 0.2) is 11.5 Å². The van der Waals surface area contributed by atoms with Crippen LogP contribution in [0.3, 0.4) is 0 Å². The number of rotatable bonds is 12. The molecule has 3 rings (SSSR count). The summed E-state index contributed by atoms with van der Waals surface area (Å²) in [5.41, 5.74) is 6.20. The lowest BCUT2D eigenvalue weighted by Crippen LogP contribution is -2.17. The minimum atomic E-state index is 0.321. The fourth-order valence-corrected chi connectivity index (χ4v) is 4.48. The van der Waals surface area contributed by atoms with E-state index < -0.39 is 0 Å². The van der Waals surface area contributed by atoms with Gasteiger partial charge in [-0.15, -0.1) is 0 Å². The molecule has 1 aliphatic carbocycles. The number of benzene rings is 2. The molecule has 0 saturated heterocycles. The fourth-order valence-electron chi connectivity index (χ4n) is 4.48. The summed E-state index contributed by atoms with van der Waals surface area (Å²) in [6.07, 6.45) is 11.9. The maximum absolute atomic E-state index is 11.1. The second kappa shape index (κ2) is 11.4. The van der Waals surface area contributed by atoms with Crippen molar-refractivity contribution in [3.05, 3.63) is 47.0 Å². The molecule has 2 aromatic carbocycles. The molecule has 30 heavy (non-hydrogen) atoms. The predicted octanol–water partition coefficient (Wildman–Crippen LogP) is 6.39. The van der Waals surface area contributed by atoms with Crippen LogP contribution in [0.4, 0.5) is 0 Å². The van der Waals surface area contributed by atoms with E-state index in [1.54, 1.807) is 0 Å². The van der Waals surface area contributed by atoms with Gasteiger partial charge in [-0.1, -0.05) is 69.7 Å². The van der Waals surface area contributed by atoms with Gasteiger partial charge in [-0.2, -0.15) is 0 Å². The predicted molar refractivity (Wildman–Crippen MR) is 127 cm³/mol. The van der Waals surface area contributed by atoms with E-state index in [1.807, 2.05) is 6.07 Å². The first-order valence-electron chi connectivity index (χ1n) is 11.8.